The second-order valence-corrected chi connectivity index (χ2v) is 9.64. The van der Waals surface area contributed by atoms with Crippen LogP contribution in [0, 0.1) is 11.3 Å². The van der Waals surface area contributed by atoms with Gasteiger partial charge in [0.05, 0.1) is 29.6 Å². The number of benzene rings is 1. The first-order valence-electron chi connectivity index (χ1n) is 12.3. The molecule has 3 aliphatic heterocycles. The van der Waals surface area contributed by atoms with Gasteiger partial charge in [-0.05, 0) is 42.3 Å². The minimum atomic E-state index is 0.124. The zero-order valence-corrected chi connectivity index (χ0v) is 19.7. The second kappa shape index (κ2) is 8.91. The first-order valence-corrected chi connectivity index (χ1v) is 12.3. The molecule has 34 heavy (non-hydrogen) atoms. The molecule has 176 valence electrons. The Labute approximate surface area is 200 Å². The van der Waals surface area contributed by atoms with Gasteiger partial charge in [-0.15, -0.1) is 0 Å². The Hall–Kier alpha value is -3.12. The SMILES string of the molecule is C[C@@H]1CN(c2ccc(C#N)n3nccc23)C[C@H](CN2Cc3cccc(N4CCNCC4)c3C2)O1. The van der Waals surface area contributed by atoms with Gasteiger partial charge in [0.15, 0.2) is 0 Å². The highest BCUT2D eigenvalue weighted by Gasteiger charge is 2.31. The molecule has 2 atom stereocenters. The highest BCUT2D eigenvalue weighted by atomic mass is 16.5. The summed E-state index contributed by atoms with van der Waals surface area (Å²) in [5, 5.41) is 17.2. The molecule has 8 nitrogen and oxygen atoms in total. The van der Waals surface area contributed by atoms with Crippen LogP contribution in [0.5, 0.6) is 0 Å². The lowest BCUT2D eigenvalue weighted by atomic mass is 10.1. The van der Waals surface area contributed by atoms with E-state index in [1.165, 1.54) is 16.8 Å². The van der Waals surface area contributed by atoms with Crippen molar-refractivity contribution in [3.05, 3.63) is 59.4 Å². The molecule has 0 aliphatic carbocycles. The summed E-state index contributed by atoms with van der Waals surface area (Å²) >= 11 is 0. The third-order valence-electron chi connectivity index (χ3n) is 7.26. The van der Waals surface area contributed by atoms with E-state index in [-0.39, 0.29) is 12.2 Å². The molecule has 0 unspecified atom stereocenters. The summed E-state index contributed by atoms with van der Waals surface area (Å²) in [6.45, 7) is 10.9. The van der Waals surface area contributed by atoms with Crippen LogP contribution in [0.15, 0.2) is 42.6 Å². The first-order chi connectivity index (χ1) is 16.7. The van der Waals surface area contributed by atoms with E-state index >= 15 is 0 Å². The number of fused-ring (bicyclic) bond motifs is 2. The van der Waals surface area contributed by atoms with E-state index in [0.717, 1.165) is 70.1 Å². The number of aromatic nitrogens is 2. The molecule has 0 bridgehead atoms. The Bertz CT molecular complexity index is 1230. The van der Waals surface area contributed by atoms with Crippen molar-refractivity contribution >= 4 is 16.9 Å². The number of rotatable bonds is 4. The van der Waals surface area contributed by atoms with Crippen molar-refractivity contribution in [2.75, 3.05) is 55.6 Å². The number of piperazine rings is 1. The zero-order chi connectivity index (χ0) is 23.1. The van der Waals surface area contributed by atoms with Crippen LogP contribution >= 0.6 is 0 Å². The molecular weight excluding hydrogens is 426 g/mol. The fourth-order valence-corrected chi connectivity index (χ4v) is 5.79. The van der Waals surface area contributed by atoms with Crippen molar-refractivity contribution in [1.29, 1.82) is 5.26 Å². The van der Waals surface area contributed by atoms with Crippen molar-refractivity contribution in [3.63, 3.8) is 0 Å². The summed E-state index contributed by atoms with van der Waals surface area (Å²) < 4.78 is 8.14. The predicted molar refractivity (Wildman–Crippen MR) is 132 cm³/mol. The summed E-state index contributed by atoms with van der Waals surface area (Å²) in [5.41, 5.74) is 6.98. The molecule has 5 heterocycles. The van der Waals surface area contributed by atoms with Gasteiger partial charge in [-0.1, -0.05) is 12.1 Å². The summed E-state index contributed by atoms with van der Waals surface area (Å²) in [4.78, 5) is 7.46. The van der Waals surface area contributed by atoms with E-state index in [1.54, 1.807) is 10.7 Å². The van der Waals surface area contributed by atoms with Gasteiger partial charge in [0, 0.05) is 64.6 Å². The number of ether oxygens (including phenoxy) is 1. The minimum absolute atomic E-state index is 0.124. The van der Waals surface area contributed by atoms with E-state index < -0.39 is 0 Å². The summed E-state index contributed by atoms with van der Waals surface area (Å²) in [5.74, 6) is 0. The molecule has 0 saturated carbocycles. The predicted octanol–water partition coefficient (Wildman–Crippen LogP) is 2.23. The number of hydrogen-bond acceptors (Lipinski definition) is 7. The first kappa shape index (κ1) is 21.4. The van der Waals surface area contributed by atoms with Crippen LogP contribution in [-0.2, 0) is 17.8 Å². The molecule has 2 aromatic heterocycles. The number of hydrogen-bond donors (Lipinski definition) is 1. The average molecular weight is 458 g/mol. The molecule has 2 saturated heterocycles. The Morgan fingerprint density at radius 3 is 2.79 bits per heavy atom. The molecule has 0 radical (unpaired) electrons. The minimum Gasteiger partial charge on any atom is -0.370 e. The number of morpholine rings is 1. The maximum absolute atomic E-state index is 9.42. The summed E-state index contributed by atoms with van der Waals surface area (Å²) in [7, 11) is 0. The Morgan fingerprint density at radius 1 is 1.06 bits per heavy atom. The van der Waals surface area contributed by atoms with E-state index in [2.05, 4.69) is 62.4 Å². The third-order valence-corrected chi connectivity index (χ3v) is 7.26. The molecule has 2 fully saturated rings. The number of pyridine rings is 1. The van der Waals surface area contributed by atoms with Crippen LogP contribution < -0.4 is 15.1 Å². The molecule has 3 aromatic rings. The fraction of sp³-hybridized carbons (Fsp3) is 0.462. The van der Waals surface area contributed by atoms with Gasteiger partial charge in [0.25, 0.3) is 0 Å². The van der Waals surface area contributed by atoms with Crippen LogP contribution in [-0.4, -0.2) is 72.5 Å². The van der Waals surface area contributed by atoms with Crippen molar-refractivity contribution in [2.45, 2.75) is 32.2 Å². The lowest BCUT2D eigenvalue weighted by Crippen LogP contribution is -2.50. The normalized spacial score (nSPS) is 23.3. The molecule has 1 N–H and O–H groups in total. The standard InChI is InChI=1S/C26H31N7O/c1-19-14-32(25-6-5-21(13-27)33-26(25)7-8-29-33)17-22(34-19)16-30-15-20-3-2-4-24(23(20)18-30)31-11-9-28-10-12-31/h2-8,19,22,28H,9-12,14-18H2,1H3/t19-,22+/m1/s1. The number of nitrogens with one attached hydrogen (secondary N) is 1. The molecule has 0 amide bonds. The van der Waals surface area contributed by atoms with Crippen LogP contribution in [0.1, 0.15) is 23.7 Å². The van der Waals surface area contributed by atoms with E-state index in [4.69, 9.17) is 4.74 Å². The molecule has 3 aliphatic rings. The smallest absolute Gasteiger partial charge is 0.142 e. The van der Waals surface area contributed by atoms with Gasteiger partial charge in [-0.2, -0.15) is 10.4 Å². The van der Waals surface area contributed by atoms with Gasteiger partial charge >= 0.3 is 0 Å². The van der Waals surface area contributed by atoms with Crippen molar-refractivity contribution in [3.8, 4) is 6.07 Å². The maximum atomic E-state index is 9.42. The molecule has 0 spiro atoms. The zero-order valence-electron chi connectivity index (χ0n) is 19.7. The monoisotopic (exact) mass is 457 g/mol. The topological polar surface area (TPSA) is 72.1 Å². The van der Waals surface area contributed by atoms with E-state index in [1.807, 2.05) is 12.1 Å². The van der Waals surface area contributed by atoms with Crippen LogP contribution in [0.4, 0.5) is 11.4 Å². The number of nitrogens with zero attached hydrogens (tertiary/aromatic N) is 6. The molecule has 8 heteroatoms. The van der Waals surface area contributed by atoms with Gasteiger partial charge in [0.2, 0.25) is 0 Å². The highest BCUT2D eigenvalue weighted by molar-refractivity contribution is 5.74. The number of nitriles is 1. The Morgan fingerprint density at radius 2 is 1.94 bits per heavy atom. The average Bonchev–Trinajstić information content (AvgIpc) is 3.50. The van der Waals surface area contributed by atoms with E-state index in [0.29, 0.717) is 5.69 Å². The van der Waals surface area contributed by atoms with Crippen molar-refractivity contribution in [2.24, 2.45) is 0 Å². The lowest BCUT2D eigenvalue weighted by Gasteiger charge is -2.39. The van der Waals surface area contributed by atoms with Gasteiger partial charge < -0.3 is 19.9 Å². The van der Waals surface area contributed by atoms with Crippen molar-refractivity contribution < 1.29 is 4.74 Å². The summed E-state index contributed by atoms with van der Waals surface area (Å²) in [6, 6.07) is 14.9. The van der Waals surface area contributed by atoms with Gasteiger partial charge in [-0.3, -0.25) is 4.90 Å². The largest absolute Gasteiger partial charge is 0.370 e. The maximum Gasteiger partial charge on any atom is 0.142 e. The lowest BCUT2D eigenvalue weighted by molar-refractivity contribution is -0.0329. The quantitative estimate of drug-likeness (QED) is 0.644. The van der Waals surface area contributed by atoms with Crippen LogP contribution in [0.3, 0.4) is 0 Å². The number of anilines is 2. The fourth-order valence-electron chi connectivity index (χ4n) is 5.79. The van der Waals surface area contributed by atoms with E-state index in [9.17, 15) is 5.26 Å². The van der Waals surface area contributed by atoms with Gasteiger partial charge in [-0.25, -0.2) is 4.52 Å². The molecule has 6 rings (SSSR count). The van der Waals surface area contributed by atoms with Crippen LogP contribution in [0.25, 0.3) is 5.52 Å². The second-order valence-electron chi connectivity index (χ2n) is 9.64. The molecule has 1 aromatic carbocycles. The molecular formula is C26H31N7O. The summed E-state index contributed by atoms with van der Waals surface area (Å²) in [6.07, 6.45) is 2.02. The third kappa shape index (κ3) is 3.90. The Kier molecular flexibility index (Phi) is 5.61. The van der Waals surface area contributed by atoms with Gasteiger partial charge in [0.1, 0.15) is 11.8 Å². The Balaban J connectivity index is 1.18. The van der Waals surface area contributed by atoms with Crippen molar-refractivity contribution in [1.82, 2.24) is 19.8 Å². The van der Waals surface area contributed by atoms with Crippen LogP contribution in [0.2, 0.25) is 0 Å². The highest BCUT2D eigenvalue weighted by Crippen LogP contribution is 2.33.